The largest absolute Gasteiger partial charge is 0.353 e. The quantitative estimate of drug-likeness (QED) is 0.728. The van der Waals surface area contributed by atoms with Crippen molar-refractivity contribution in [3.05, 3.63) is 42.2 Å². The van der Waals surface area contributed by atoms with E-state index in [0.717, 1.165) is 22.7 Å². The van der Waals surface area contributed by atoms with Crippen LogP contribution in [0, 0.1) is 23.7 Å². The highest BCUT2D eigenvalue weighted by Gasteiger charge is 2.61. The first kappa shape index (κ1) is 21.9. The molecule has 168 valence electrons. The van der Waals surface area contributed by atoms with Crippen LogP contribution in [0.25, 0.3) is 0 Å². The van der Waals surface area contributed by atoms with Crippen molar-refractivity contribution < 1.29 is 18.0 Å². The zero-order chi connectivity index (χ0) is 22.6. The highest BCUT2D eigenvalue weighted by Crippen LogP contribution is 2.65. The van der Waals surface area contributed by atoms with Crippen LogP contribution in [0.15, 0.2) is 41.6 Å². The Morgan fingerprint density at radius 1 is 1.23 bits per heavy atom. The van der Waals surface area contributed by atoms with Gasteiger partial charge in [-0.1, -0.05) is 38.5 Å². The van der Waals surface area contributed by atoms with E-state index in [2.05, 4.69) is 31.4 Å². The summed E-state index contributed by atoms with van der Waals surface area (Å²) in [4.78, 5) is 25.6. The average molecular weight is 446 g/mol. The third kappa shape index (κ3) is 3.45. The van der Waals surface area contributed by atoms with Crippen LogP contribution in [-0.2, 0) is 19.6 Å². The van der Waals surface area contributed by atoms with Crippen molar-refractivity contribution >= 4 is 21.8 Å². The number of aryl methyl sites for hydroxylation is 1. The molecule has 4 atom stereocenters. The van der Waals surface area contributed by atoms with E-state index >= 15 is 0 Å². The van der Waals surface area contributed by atoms with Crippen LogP contribution in [0.1, 0.15) is 52.0 Å². The van der Waals surface area contributed by atoms with Crippen molar-refractivity contribution in [1.82, 2.24) is 14.9 Å². The molecule has 0 saturated heterocycles. The van der Waals surface area contributed by atoms with E-state index in [-0.39, 0.29) is 34.1 Å². The molecule has 1 aliphatic heterocycles. The molecule has 1 heterocycles. The molecule has 2 amide bonds. The molecule has 1 aromatic rings. The number of hydrogen-bond donors (Lipinski definition) is 2. The van der Waals surface area contributed by atoms with Gasteiger partial charge in [0, 0.05) is 18.4 Å². The predicted molar refractivity (Wildman–Crippen MR) is 117 cm³/mol. The van der Waals surface area contributed by atoms with E-state index in [9.17, 15) is 18.0 Å². The Kier molecular flexibility index (Phi) is 5.19. The van der Waals surface area contributed by atoms with Crippen LogP contribution in [0.5, 0.6) is 0 Å². The summed E-state index contributed by atoms with van der Waals surface area (Å²) in [6, 6.07) is 5.36. The van der Waals surface area contributed by atoms with E-state index in [0.29, 0.717) is 5.92 Å². The number of amides is 2. The summed E-state index contributed by atoms with van der Waals surface area (Å²) in [5, 5.41) is 5.66. The molecule has 4 rings (SSSR count). The Morgan fingerprint density at radius 3 is 2.48 bits per heavy atom. The highest BCUT2D eigenvalue weighted by molar-refractivity contribution is 7.89. The second kappa shape index (κ2) is 7.36. The van der Waals surface area contributed by atoms with E-state index in [1.54, 1.807) is 12.1 Å². The summed E-state index contributed by atoms with van der Waals surface area (Å²) < 4.78 is 27.4. The molecular weight excluding hydrogens is 414 g/mol. The lowest BCUT2D eigenvalue weighted by molar-refractivity contribution is -0.130. The number of nitrogens with one attached hydrogen (secondary N) is 2. The first-order chi connectivity index (χ1) is 14.5. The lowest BCUT2D eigenvalue weighted by Crippen LogP contribution is -2.53. The van der Waals surface area contributed by atoms with Crippen LogP contribution in [-0.4, -0.2) is 36.6 Å². The first-order valence-electron chi connectivity index (χ1n) is 10.8. The molecule has 2 saturated carbocycles. The maximum atomic E-state index is 13.2. The van der Waals surface area contributed by atoms with Gasteiger partial charge in [0.1, 0.15) is 6.04 Å². The number of nitrogens with zero attached hydrogens (tertiary/aromatic N) is 1. The number of carbonyl (C=O) groups is 2. The highest BCUT2D eigenvalue weighted by atomic mass is 32.2. The van der Waals surface area contributed by atoms with Gasteiger partial charge >= 0.3 is 0 Å². The van der Waals surface area contributed by atoms with Crippen LogP contribution in [0.4, 0.5) is 0 Å². The molecule has 0 radical (unpaired) electrons. The Hall–Kier alpha value is -2.35. The van der Waals surface area contributed by atoms with Gasteiger partial charge in [0.25, 0.3) is 10.0 Å². The summed E-state index contributed by atoms with van der Waals surface area (Å²) in [5.74, 6) is -0.232. The van der Waals surface area contributed by atoms with Crippen LogP contribution >= 0.6 is 0 Å². The van der Waals surface area contributed by atoms with Crippen molar-refractivity contribution in [1.29, 1.82) is 0 Å². The van der Waals surface area contributed by atoms with E-state index in [1.807, 2.05) is 6.92 Å². The number of fused-ring (bicyclic) bond motifs is 2. The number of sulfonamides is 1. The van der Waals surface area contributed by atoms with Gasteiger partial charge in [-0.3, -0.25) is 13.9 Å². The topological polar surface area (TPSA) is 95.6 Å². The summed E-state index contributed by atoms with van der Waals surface area (Å²) in [5.41, 5.74) is 1.09. The normalized spacial score (nSPS) is 31.5. The molecule has 2 aliphatic carbocycles. The Labute approximate surface area is 184 Å². The van der Waals surface area contributed by atoms with Crippen molar-refractivity contribution in [2.75, 3.05) is 0 Å². The van der Waals surface area contributed by atoms with Gasteiger partial charge in [-0.15, -0.1) is 0 Å². The molecule has 0 spiro atoms. The molecule has 0 aromatic heterocycles. The van der Waals surface area contributed by atoms with Gasteiger partial charge in [-0.25, -0.2) is 8.42 Å². The fraction of sp³-hybridized carbons (Fsp3) is 0.565. The smallest absolute Gasteiger partial charge is 0.264 e. The van der Waals surface area contributed by atoms with Gasteiger partial charge in [-0.05, 0) is 55.1 Å². The average Bonchev–Trinajstić information content (AvgIpc) is 3.03. The Balaban J connectivity index is 1.52. The van der Waals surface area contributed by atoms with Crippen molar-refractivity contribution in [3.8, 4) is 0 Å². The Bertz CT molecular complexity index is 1030. The minimum absolute atomic E-state index is 0.00964. The van der Waals surface area contributed by atoms with E-state index < -0.39 is 22.0 Å². The zero-order valence-electron chi connectivity index (χ0n) is 18.5. The van der Waals surface area contributed by atoms with Gasteiger partial charge in [0.05, 0.1) is 11.3 Å². The molecular formula is C23H31N3O4S. The van der Waals surface area contributed by atoms with Crippen molar-refractivity contribution in [2.45, 2.75) is 70.4 Å². The number of carbonyl (C=O) groups excluding carboxylic acids is 2. The van der Waals surface area contributed by atoms with Gasteiger partial charge in [0.15, 0.2) is 0 Å². The summed E-state index contributed by atoms with van der Waals surface area (Å²) in [6.45, 7) is 8.64. The number of benzene rings is 1. The second-order valence-electron chi connectivity index (χ2n) is 9.92. The summed E-state index contributed by atoms with van der Waals surface area (Å²) in [7, 11) is -3.97. The van der Waals surface area contributed by atoms with E-state index in [4.69, 9.17) is 0 Å². The maximum absolute atomic E-state index is 13.2. The van der Waals surface area contributed by atoms with Crippen LogP contribution in [0.3, 0.4) is 0 Å². The third-order valence-corrected chi connectivity index (χ3v) is 9.96. The minimum Gasteiger partial charge on any atom is -0.353 e. The maximum Gasteiger partial charge on any atom is 0.264 e. The summed E-state index contributed by atoms with van der Waals surface area (Å²) >= 11 is 0. The molecule has 8 heteroatoms. The van der Waals surface area contributed by atoms with Crippen molar-refractivity contribution in [2.24, 2.45) is 16.7 Å². The van der Waals surface area contributed by atoms with E-state index in [1.165, 1.54) is 31.0 Å². The molecule has 2 bridgehead atoms. The second-order valence-corrected chi connectivity index (χ2v) is 11.8. The lowest BCUT2D eigenvalue weighted by atomic mass is 9.69. The molecule has 2 fully saturated rings. The standard InChI is InChI=1S/C23H31N3O4S/c1-15-5-7-17(8-6-15)31(29,30)26-12-11-24-21(28)18(26)14-20(27)25-19-13-16-9-10-23(19,4)22(16,2)3/h5-8,11-12,16,18-19H,9-10,13-14H2,1-4H3,(H,24,28)(H,25,27)/t16-,18-,19+,23+/m1/s1. The number of hydrogen-bond acceptors (Lipinski definition) is 4. The molecule has 31 heavy (non-hydrogen) atoms. The first-order valence-corrected chi connectivity index (χ1v) is 12.3. The molecule has 0 unspecified atom stereocenters. The van der Waals surface area contributed by atoms with Gasteiger partial charge in [-0.2, -0.15) is 0 Å². The molecule has 7 nitrogen and oxygen atoms in total. The number of rotatable bonds is 5. The lowest BCUT2D eigenvalue weighted by Gasteiger charge is -2.39. The van der Waals surface area contributed by atoms with Crippen molar-refractivity contribution in [3.63, 3.8) is 0 Å². The molecule has 3 aliphatic rings. The zero-order valence-corrected chi connectivity index (χ0v) is 19.3. The minimum atomic E-state index is -3.97. The Morgan fingerprint density at radius 2 is 1.90 bits per heavy atom. The molecule has 1 aromatic carbocycles. The van der Waals surface area contributed by atoms with Crippen LogP contribution in [0.2, 0.25) is 0 Å². The van der Waals surface area contributed by atoms with Crippen LogP contribution < -0.4 is 10.6 Å². The van der Waals surface area contributed by atoms with Gasteiger partial charge in [0.2, 0.25) is 11.8 Å². The third-order valence-electron chi connectivity index (χ3n) is 8.16. The fourth-order valence-corrected chi connectivity index (χ4v) is 7.07. The monoisotopic (exact) mass is 445 g/mol. The summed E-state index contributed by atoms with van der Waals surface area (Å²) in [6.07, 6.45) is 5.55. The molecule has 2 N–H and O–H groups in total. The predicted octanol–water partition coefficient (Wildman–Crippen LogP) is 2.68. The SMILES string of the molecule is Cc1ccc(S(=O)(=O)N2C=CNC(=O)[C@H]2CC(=O)N[C@H]2C[C@H]3CC[C@]2(C)C3(C)C)cc1. The van der Waals surface area contributed by atoms with Gasteiger partial charge < -0.3 is 10.6 Å². The fourth-order valence-electron chi connectivity index (χ4n) is 5.62.